The first-order chi connectivity index (χ1) is 14.1. The zero-order chi connectivity index (χ0) is 21.6. The Kier molecular flexibility index (Phi) is 5.39. The molecule has 2 aliphatic rings. The molecule has 2 fully saturated rings. The van der Waals surface area contributed by atoms with E-state index < -0.39 is 26.6 Å². The lowest BCUT2D eigenvalue weighted by Gasteiger charge is -2.43. The van der Waals surface area contributed by atoms with Gasteiger partial charge in [-0.2, -0.15) is 17.5 Å². The van der Waals surface area contributed by atoms with Crippen LogP contribution in [0.4, 0.5) is 13.2 Å². The molecular formula is C19H19F3N2O4S2. The van der Waals surface area contributed by atoms with Crippen LogP contribution in [0, 0.1) is 0 Å². The first kappa shape index (κ1) is 21.3. The van der Waals surface area contributed by atoms with Gasteiger partial charge in [0.1, 0.15) is 5.76 Å². The Labute approximate surface area is 176 Å². The average molecular weight is 460 g/mol. The molecule has 0 N–H and O–H groups in total. The topological polar surface area (TPSA) is 70.8 Å². The Morgan fingerprint density at radius 2 is 1.87 bits per heavy atom. The van der Waals surface area contributed by atoms with Crippen molar-refractivity contribution >= 4 is 27.7 Å². The van der Waals surface area contributed by atoms with Gasteiger partial charge in [-0.15, -0.1) is 11.8 Å². The van der Waals surface area contributed by atoms with Gasteiger partial charge in [0, 0.05) is 13.1 Å². The van der Waals surface area contributed by atoms with Gasteiger partial charge in [-0.1, -0.05) is 6.07 Å². The van der Waals surface area contributed by atoms with Crippen molar-refractivity contribution in [3.05, 3.63) is 54.0 Å². The van der Waals surface area contributed by atoms with Crippen LogP contribution < -0.4 is 0 Å². The number of carbonyl (C=O) groups excluding carboxylic acids is 1. The van der Waals surface area contributed by atoms with Crippen molar-refractivity contribution in [3.63, 3.8) is 0 Å². The summed E-state index contributed by atoms with van der Waals surface area (Å²) in [6.45, 7) is 0.542. The van der Waals surface area contributed by atoms with E-state index in [1.165, 1.54) is 28.4 Å². The largest absolute Gasteiger partial charge is 0.467 e. The molecule has 1 aromatic heterocycles. The number of hydrogen-bond acceptors (Lipinski definition) is 5. The number of halogens is 3. The molecule has 0 radical (unpaired) electrons. The van der Waals surface area contributed by atoms with Crippen molar-refractivity contribution in [2.75, 3.05) is 18.8 Å². The zero-order valence-corrected chi connectivity index (χ0v) is 17.4. The summed E-state index contributed by atoms with van der Waals surface area (Å²) in [6, 6.07) is 7.29. The van der Waals surface area contributed by atoms with E-state index in [9.17, 15) is 26.4 Å². The van der Waals surface area contributed by atoms with E-state index in [1.807, 2.05) is 0 Å². The predicted molar refractivity (Wildman–Crippen MR) is 104 cm³/mol. The van der Waals surface area contributed by atoms with Gasteiger partial charge in [0.2, 0.25) is 15.9 Å². The van der Waals surface area contributed by atoms with Crippen molar-refractivity contribution in [2.24, 2.45) is 0 Å². The van der Waals surface area contributed by atoms with Crippen LogP contribution in [0.15, 0.2) is 52.0 Å². The molecule has 30 heavy (non-hydrogen) atoms. The number of benzene rings is 1. The maximum Gasteiger partial charge on any atom is 0.416 e. The van der Waals surface area contributed by atoms with Crippen LogP contribution in [-0.4, -0.2) is 47.2 Å². The molecule has 0 unspecified atom stereocenters. The quantitative estimate of drug-likeness (QED) is 0.698. The fourth-order valence-corrected chi connectivity index (χ4v) is 6.67. The third-order valence-corrected chi connectivity index (χ3v) is 8.91. The minimum atomic E-state index is -4.62. The third kappa shape index (κ3) is 3.85. The van der Waals surface area contributed by atoms with Crippen molar-refractivity contribution in [1.29, 1.82) is 0 Å². The Morgan fingerprint density at radius 1 is 1.13 bits per heavy atom. The second-order valence-electron chi connectivity index (χ2n) is 7.22. The molecule has 4 rings (SSSR count). The monoisotopic (exact) mass is 460 g/mol. The second kappa shape index (κ2) is 7.61. The van der Waals surface area contributed by atoms with Crippen molar-refractivity contribution in [1.82, 2.24) is 9.21 Å². The van der Waals surface area contributed by atoms with Gasteiger partial charge >= 0.3 is 6.18 Å². The van der Waals surface area contributed by atoms with Gasteiger partial charge in [-0.3, -0.25) is 4.79 Å². The summed E-state index contributed by atoms with van der Waals surface area (Å²) >= 11 is 1.48. The van der Waals surface area contributed by atoms with E-state index in [-0.39, 0.29) is 23.9 Å². The molecule has 1 spiro atoms. The molecule has 0 bridgehead atoms. The van der Waals surface area contributed by atoms with Gasteiger partial charge in [0.25, 0.3) is 0 Å². The molecular weight excluding hydrogens is 441 g/mol. The molecule has 3 heterocycles. The van der Waals surface area contributed by atoms with Gasteiger partial charge in [0.15, 0.2) is 0 Å². The highest BCUT2D eigenvalue weighted by molar-refractivity contribution is 8.01. The summed E-state index contributed by atoms with van der Waals surface area (Å²) in [5.41, 5.74) is -1.00. The smallest absolute Gasteiger partial charge is 0.416 e. The summed E-state index contributed by atoms with van der Waals surface area (Å²) in [5.74, 6) is 0.913. The van der Waals surface area contributed by atoms with Crippen LogP contribution in [0.5, 0.6) is 0 Å². The summed E-state index contributed by atoms with van der Waals surface area (Å²) in [6.07, 6.45) is -2.31. The van der Waals surface area contributed by atoms with Crippen LogP contribution in [0.1, 0.15) is 24.2 Å². The highest BCUT2D eigenvalue weighted by Crippen LogP contribution is 2.46. The van der Waals surface area contributed by atoms with Gasteiger partial charge in [-0.25, -0.2) is 8.42 Å². The zero-order valence-electron chi connectivity index (χ0n) is 15.8. The third-order valence-electron chi connectivity index (χ3n) is 5.45. The first-order valence-electron chi connectivity index (χ1n) is 9.26. The number of carbonyl (C=O) groups is 1. The average Bonchev–Trinajstić information content (AvgIpc) is 3.33. The number of nitrogens with zero attached hydrogens (tertiary/aromatic N) is 2. The molecule has 11 heteroatoms. The SMILES string of the molecule is O=C1CSC2(CCN(S(=O)(=O)c3cccc(C(F)(F)F)c3)CC2)N1Cc1ccco1. The highest BCUT2D eigenvalue weighted by atomic mass is 32.2. The van der Waals surface area contributed by atoms with E-state index in [0.717, 1.165) is 12.1 Å². The van der Waals surface area contributed by atoms with E-state index in [4.69, 9.17) is 4.42 Å². The number of amides is 1. The van der Waals surface area contributed by atoms with E-state index in [1.54, 1.807) is 17.0 Å². The summed E-state index contributed by atoms with van der Waals surface area (Å²) < 4.78 is 71.3. The fraction of sp³-hybridized carbons (Fsp3) is 0.421. The van der Waals surface area contributed by atoms with Crippen LogP contribution in [0.3, 0.4) is 0 Å². The van der Waals surface area contributed by atoms with Crippen LogP contribution >= 0.6 is 11.8 Å². The highest BCUT2D eigenvalue weighted by Gasteiger charge is 2.49. The molecule has 162 valence electrons. The van der Waals surface area contributed by atoms with E-state index in [0.29, 0.717) is 37.0 Å². The summed E-state index contributed by atoms with van der Waals surface area (Å²) in [7, 11) is -4.07. The van der Waals surface area contributed by atoms with Crippen LogP contribution in [-0.2, 0) is 27.5 Å². The molecule has 1 amide bonds. The molecule has 0 atom stereocenters. The second-order valence-corrected chi connectivity index (χ2v) is 10.5. The van der Waals surface area contributed by atoms with E-state index in [2.05, 4.69) is 0 Å². The first-order valence-corrected chi connectivity index (χ1v) is 11.7. The maximum atomic E-state index is 13.0. The number of hydrogen-bond donors (Lipinski definition) is 0. The lowest BCUT2D eigenvalue weighted by molar-refractivity contribution is -0.137. The van der Waals surface area contributed by atoms with Gasteiger partial charge in [-0.05, 0) is 43.2 Å². The van der Waals surface area contributed by atoms with Gasteiger partial charge < -0.3 is 9.32 Å². The fourth-order valence-electron chi connectivity index (χ4n) is 3.84. The van der Waals surface area contributed by atoms with Crippen molar-refractivity contribution < 1.29 is 30.8 Å². The summed E-state index contributed by atoms with van der Waals surface area (Å²) in [4.78, 5) is 13.2. The number of thioether (sulfide) groups is 1. The molecule has 6 nitrogen and oxygen atoms in total. The molecule has 1 aromatic carbocycles. The van der Waals surface area contributed by atoms with Crippen molar-refractivity contribution in [3.8, 4) is 0 Å². The minimum Gasteiger partial charge on any atom is -0.467 e. The molecule has 0 saturated carbocycles. The van der Waals surface area contributed by atoms with Gasteiger partial charge in [0.05, 0.1) is 33.9 Å². The number of alkyl halides is 3. The van der Waals surface area contributed by atoms with E-state index >= 15 is 0 Å². The number of furan rings is 1. The molecule has 2 aromatic rings. The maximum absolute atomic E-state index is 13.0. The molecule has 2 aliphatic heterocycles. The Hall–Kier alpha value is -1.98. The number of sulfonamides is 1. The van der Waals surface area contributed by atoms with Crippen LogP contribution in [0.25, 0.3) is 0 Å². The lowest BCUT2D eigenvalue weighted by Crippen LogP contribution is -2.52. The summed E-state index contributed by atoms with van der Waals surface area (Å²) in [5, 5.41) is 0. The Morgan fingerprint density at radius 3 is 2.50 bits per heavy atom. The Bertz CT molecular complexity index is 1030. The molecule has 2 saturated heterocycles. The predicted octanol–water partition coefficient (Wildman–Crippen LogP) is 3.55. The van der Waals surface area contributed by atoms with Crippen LogP contribution in [0.2, 0.25) is 0 Å². The Balaban J connectivity index is 1.52. The standard InChI is InChI=1S/C19H19F3N2O4S2/c20-19(21,22)14-3-1-5-16(11-14)30(26,27)23-8-6-18(7-9-23)24(17(25)13-29-18)12-15-4-2-10-28-15/h1-5,10-11H,6-9,12-13H2. The number of piperidine rings is 1. The molecule has 0 aliphatic carbocycles. The minimum absolute atomic E-state index is 0.0365. The lowest BCUT2D eigenvalue weighted by atomic mass is 10.0. The van der Waals surface area contributed by atoms with Crippen molar-refractivity contribution in [2.45, 2.75) is 35.3 Å². The normalized spacial score (nSPS) is 20.2. The number of rotatable bonds is 4.